The van der Waals surface area contributed by atoms with Crippen molar-refractivity contribution in [1.82, 2.24) is 14.9 Å². The van der Waals surface area contributed by atoms with Gasteiger partial charge in [-0.1, -0.05) is 0 Å². The van der Waals surface area contributed by atoms with E-state index in [0.717, 1.165) is 41.0 Å². The Morgan fingerprint density at radius 1 is 1.14 bits per heavy atom. The fourth-order valence-corrected chi connectivity index (χ4v) is 5.03. The summed E-state index contributed by atoms with van der Waals surface area (Å²) in [6.45, 7) is -0.0591. The summed E-state index contributed by atoms with van der Waals surface area (Å²) < 4.78 is 4.97. The number of aryl methyl sites for hydroxylation is 3. The monoisotopic (exact) mass is 403 g/mol. The number of aromatic amines is 1. The van der Waals surface area contributed by atoms with Crippen molar-refractivity contribution in [3.8, 4) is 0 Å². The van der Waals surface area contributed by atoms with Crippen LogP contribution in [0.15, 0.2) is 4.79 Å². The van der Waals surface area contributed by atoms with Crippen LogP contribution in [0.25, 0.3) is 10.2 Å². The Hall–Kier alpha value is -2.55. The molecule has 0 atom stereocenters. The highest BCUT2D eigenvalue weighted by molar-refractivity contribution is 7.18. The van der Waals surface area contributed by atoms with Crippen molar-refractivity contribution in [3.05, 3.63) is 26.6 Å². The number of aromatic nitrogens is 2. The zero-order valence-corrected chi connectivity index (χ0v) is 16.2. The van der Waals surface area contributed by atoms with Gasteiger partial charge in [0.05, 0.1) is 11.8 Å². The number of likely N-dealkylation sites (tertiary alicyclic amines) is 1. The Bertz CT molecular complexity index is 1010. The lowest BCUT2D eigenvalue weighted by Gasteiger charge is -2.13. The molecule has 1 fully saturated rings. The van der Waals surface area contributed by atoms with Gasteiger partial charge in [0, 0.05) is 24.3 Å². The molecule has 8 nitrogen and oxygen atoms in total. The number of carbonyl (C=O) groups is 3. The van der Waals surface area contributed by atoms with Crippen molar-refractivity contribution in [2.24, 2.45) is 0 Å². The third-order valence-electron chi connectivity index (χ3n) is 5.17. The van der Waals surface area contributed by atoms with Crippen LogP contribution in [-0.4, -0.2) is 45.8 Å². The van der Waals surface area contributed by atoms with Crippen molar-refractivity contribution in [3.63, 3.8) is 0 Å². The van der Waals surface area contributed by atoms with Gasteiger partial charge in [-0.15, -0.1) is 11.3 Å². The number of hydrogen-bond donors (Lipinski definition) is 1. The first-order chi connectivity index (χ1) is 13.5. The van der Waals surface area contributed by atoms with Gasteiger partial charge in [-0.25, -0.2) is 4.98 Å². The number of thiophene rings is 1. The summed E-state index contributed by atoms with van der Waals surface area (Å²) in [4.78, 5) is 58.2. The Morgan fingerprint density at radius 2 is 1.96 bits per heavy atom. The second-order valence-electron chi connectivity index (χ2n) is 7.11. The summed E-state index contributed by atoms with van der Waals surface area (Å²) in [6, 6.07) is 0. The van der Waals surface area contributed by atoms with Crippen molar-refractivity contribution >= 4 is 39.3 Å². The zero-order valence-electron chi connectivity index (χ0n) is 15.4. The van der Waals surface area contributed by atoms with Crippen LogP contribution in [-0.2, 0) is 38.4 Å². The van der Waals surface area contributed by atoms with Crippen LogP contribution in [0.2, 0.25) is 0 Å². The van der Waals surface area contributed by atoms with Gasteiger partial charge in [-0.3, -0.25) is 24.1 Å². The predicted molar refractivity (Wildman–Crippen MR) is 102 cm³/mol. The molecular weight excluding hydrogens is 382 g/mol. The number of fused-ring (bicyclic) bond motifs is 3. The highest BCUT2D eigenvalue weighted by Crippen LogP contribution is 2.33. The summed E-state index contributed by atoms with van der Waals surface area (Å²) in [7, 11) is 0. The van der Waals surface area contributed by atoms with Crippen LogP contribution in [0, 0.1) is 0 Å². The molecule has 4 rings (SSSR count). The number of hydrogen-bond acceptors (Lipinski definition) is 7. The highest BCUT2D eigenvalue weighted by Gasteiger charge is 2.27. The lowest BCUT2D eigenvalue weighted by Crippen LogP contribution is -2.35. The highest BCUT2D eigenvalue weighted by atomic mass is 32.1. The number of esters is 1. The maximum absolute atomic E-state index is 12.5. The molecule has 148 valence electrons. The third-order valence-corrected chi connectivity index (χ3v) is 6.36. The predicted octanol–water partition coefficient (Wildman–Crippen LogP) is 1.49. The molecule has 3 heterocycles. The van der Waals surface area contributed by atoms with Crippen LogP contribution in [0.4, 0.5) is 0 Å². The first kappa shape index (κ1) is 18.8. The number of nitrogens with zero attached hydrogens (tertiary/aromatic N) is 2. The van der Waals surface area contributed by atoms with Crippen molar-refractivity contribution < 1.29 is 19.1 Å². The van der Waals surface area contributed by atoms with Gasteiger partial charge in [0.2, 0.25) is 5.91 Å². The van der Waals surface area contributed by atoms with E-state index < -0.39 is 18.5 Å². The van der Waals surface area contributed by atoms with E-state index in [1.807, 2.05) is 0 Å². The second-order valence-corrected chi connectivity index (χ2v) is 8.19. The molecule has 1 saturated heterocycles. The van der Waals surface area contributed by atoms with Gasteiger partial charge in [-0.2, -0.15) is 0 Å². The molecule has 2 aromatic heterocycles. The minimum atomic E-state index is -0.562. The van der Waals surface area contributed by atoms with E-state index in [-0.39, 0.29) is 24.3 Å². The van der Waals surface area contributed by atoms with Crippen molar-refractivity contribution in [2.75, 3.05) is 13.2 Å². The molecule has 1 aliphatic heterocycles. The van der Waals surface area contributed by atoms with Gasteiger partial charge in [0.1, 0.15) is 10.7 Å². The number of amides is 2. The van der Waals surface area contributed by atoms with E-state index in [9.17, 15) is 19.2 Å². The zero-order chi connectivity index (χ0) is 19.7. The van der Waals surface area contributed by atoms with Crippen molar-refractivity contribution in [1.29, 1.82) is 0 Å². The molecule has 9 heteroatoms. The molecule has 0 aromatic carbocycles. The van der Waals surface area contributed by atoms with Crippen molar-refractivity contribution in [2.45, 2.75) is 51.4 Å². The van der Waals surface area contributed by atoms with Gasteiger partial charge in [-0.05, 0) is 37.7 Å². The molecule has 28 heavy (non-hydrogen) atoms. The number of ether oxygens (including phenoxy) is 1. The first-order valence-corrected chi connectivity index (χ1v) is 10.4. The molecule has 2 amide bonds. The van der Waals surface area contributed by atoms with E-state index in [0.29, 0.717) is 30.6 Å². The van der Waals surface area contributed by atoms with E-state index in [4.69, 9.17) is 4.74 Å². The number of rotatable bonds is 5. The standard InChI is InChI=1S/C19H21N3O5S/c23-14-6-3-9-22(14)15(24)10-27-16(25)8-7-13-20-18(26)17-11-4-1-2-5-12(11)28-19(17)21-13/h1-10H2,(H,20,21,26). The van der Waals surface area contributed by atoms with Gasteiger partial charge < -0.3 is 9.72 Å². The molecule has 1 N–H and O–H groups in total. The lowest BCUT2D eigenvalue weighted by atomic mass is 9.97. The van der Waals surface area contributed by atoms with E-state index in [1.165, 1.54) is 4.88 Å². The maximum atomic E-state index is 12.5. The molecule has 0 saturated carbocycles. The average molecular weight is 403 g/mol. The van der Waals surface area contributed by atoms with E-state index in [2.05, 4.69) is 9.97 Å². The lowest BCUT2D eigenvalue weighted by molar-refractivity contribution is -0.154. The average Bonchev–Trinajstić information content (AvgIpc) is 3.27. The van der Waals surface area contributed by atoms with Gasteiger partial charge in [0.25, 0.3) is 11.5 Å². The minimum Gasteiger partial charge on any atom is -0.456 e. The molecule has 2 aromatic rings. The summed E-state index contributed by atoms with van der Waals surface area (Å²) in [5.41, 5.74) is 0.969. The van der Waals surface area contributed by atoms with Crippen LogP contribution in [0.1, 0.15) is 48.4 Å². The van der Waals surface area contributed by atoms with Gasteiger partial charge >= 0.3 is 5.97 Å². The first-order valence-electron chi connectivity index (χ1n) is 9.55. The number of carbonyl (C=O) groups excluding carboxylic acids is 3. The summed E-state index contributed by atoms with van der Waals surface area (Å²) in [6.07, 6.45) is 5.36. The summed E-state index contributed by atoms with van der Waals surface area (Å²) in [5.74, 6) is -0.843. The molecule has 0 spiro atoms. The van der Waals surface area contributed by atoms with Crippen LogP contribution < -0.4 is 5.56 Å². The maximum Gasteiger partial charge on any atom is 0.306 e. The number of imide groups is 1. The Kier molecular flexibility index (Phi) is 5.25. The minimum absolute atomic E-state index is 0.000757. The summed E-state index contributed by atoms with van der Waals surface area (Å²) in [5, 5.41) is 0.687. The number of H-pyrrole nitrogens is 1. The molecule has 0 bridgehead atoms. The Labute approximate surface area is 164 Å². The fraction of sp³-hybridized carbons (Fsp3) is 0.526. The molecule has 0 unspecified atom stereocenters. The topological polar surface area (TPSA) is 109 Å². The SMILES string of the molecule is O=C(CCc1nc2sc3c(c2c(=O)[nH]1)CCCC3)OCC(=O)N1CCCC1=O. The molecule has 0 radical (unpaired) electrons. The largest absolute Gasteiger partial charge is 0.456 e. The molecule has 2 aliphatic rings. The number of nitrogens with one attached hydrogen (secondary N) is 1. The van der Waals surface area contributed by atoms with Gasteiger partial charge in [0.15, 0.2) is 6.61 Å². The van der Waals surface area contributed by atoms with Crippen LogP contribution in [0.5, 0.6) is 0 Å². The third kappa shape index (κ3) is 3.71. The summed E-state index contributed by atoms with van der Waals surface area (Å²) >= 11 is 1.56. The van der Waals surface area contributed by atoms with E-state index in [1.54, 1.807) is 11.3 Å². The Morgan fingerprint density at radius 3 is 2.75 bits per heavy atom. The molecular formula is C19H21N3O5S. The smallest absolute Gasteiger partial charge is 0.306 e. The van der Waals surface area contributed by atoms with Crippen LogP contribution >= 0.6 is 11.3 Å². The normalized spacial score (nSPS) is 16.4. The van der Waals surface area contributed by atoms with E-state index >= 15 is 0 Å². The Balaban J connectivity index is 1.36. The second kappa shape index (κ2) is 7.83. The van der Waals surface area contributed by atoms with Crippen LogP contribution in [0.3, 0.4) is 0 Å². The fourth-order valence-electron chi connectivity index (χ4n) is 3.75. The quantitative estimate of drug-likeness (QED) is 0.758. The molecule has 1 aliphatic carbocycles.